The van der Waals surface area contributed by atoms with Crippen molar-refractivity contribution < 1.29 is 4.79 Å². The van der Waals surface area contributed by atoms with Gasteiger partial charge in [0.05, 0.1) is 0 Å². The van der Waals surface area contributed by atoms with Crippen molar-refractivity contribution in [3.8, 4) is 0 Å². The third kappa shape index (κ3) is 4.37. The molecule has 110 valence electrons. The van der Waals surface area contributed by atoms with E-state index < -0.39 is 0 Å². The highest BCUT2D eigenvalue weighted by molar-refractivity contribution is 5.74. The number of carbonyl (C=O) groups is 1. The van der Waals surface area contributed by atoms with Crippen LogP contribution in [0.1, 0.15) is 64.7 Å². The third-order valence-corrected chi connectivity index (χ3v) is 4.80. The lowest BCUT2D eigenvalue weighted by Crippen LogP contribution is -2.51. The van der Waals surface area contributed by atoms with Crippen LogP contribution >= 0.6 is 0 Å². The second kappa shape index (κ2) is 7.13. The molecule has 0 aromatic heterocycles. The highest BCUT2D eigenvalue weighted by Gasteiger charge is 2.26. The van der Waals surface area contributed by atoms with Gasteiger partial charge in [0.1, 0.15) is 0 Å². The Hall–Kier alpha value is -0.770. The number of hydrogen-bond acceptors (Lipinski definition) is 2. The van der Waals surface area contributed by atoms with Gasteiger partial charge in [0.25, 0.3) is 0 Å². The fourth-order valence-corrected chi connectivity index (χ4v) is 3.64. The molecule has 0 aromatic carbocycles. The number of carbonyl (C=O) groups excluding carboxylic acids is 1. The quantitative estimate of drug-likeness (QED) is 0.735. The van der Waals surface area contributed by atoms with Gasteiger partial charge in [-0.3, -0.25) is 0 Å². The maximum Gasteiger partial charge on any atom is 0.315 e. The average Bonchev–Trinajstić information content (AvgIpc) is 2.39. The minimum absolute atomic E-state index is 0.0180. The fourth-order valence-electron chi connectivity index (χ4n) is 3.64. The third-order valence-electron chi connectivity index (χ3n) is 4.80. The topological polar surface area (TPSA) is 67.2 Å². The van der Waals surface area contributed by atoms with Crippen LogP contribution in [0.5, 0.6) is 0 Å². The molecule has 0 bridgehead atoms. The second-order valence-corrected chi connectivity index (χ2v) is 6.30. The molecule has 4 nitrogen and oxygen atoms in total. The van der Waals surface area contributed by atoms with Crippen molar-refractivity contribution in [3.05, 3.63) is 0 Å². The zero-order valence-electron chi connectivity index (χ0n) is 12.2. The van der Waals surface area contributed by atoms with Crippen molar-refractivity contribution in [2.75, 3.05) is 0 Å². The zero-order valence-corrected chi connectivity index (χ0v) is 12.2. The number of amides is 2. The molecule has 2 rings (SSSR count). The van der Waals surface area contributed by atoms with Crippen molar-refractivity contribution in [1.29, 1.82) is 0 Å². The minimum Gasteiger partial charge on any atom is -0.335 e. The van der Waals surface area contributed by atoms with Crippen molar-refractivity contribution in [2.45, 2.75) is 82.8 Å². The lowest BCUT2D eigenvalue weighted by Gasteiger charge is -2.33. The van der Waals surface area contributed by atoms with Gasteiger partial charge in [0.2, 0.25) is 0 Å². The van der Waals surface area contributed by atoms with E-state index in [4.69, 9.17) is 5.73 Å². The Morgan fingerprint density at radius 2 is 1.89 bits per heavy atom. The summed E-state index contributed by atoms with van der Waals surface area (Å²) in [4.78, 5) is 12.1. The molecule has 2 fully saturated rings. The van der Waals surface area contributed by atoms with Crippen LogP contribution in [0.2, 0.25) is 0 Å². The lowest BCUT2D eigenvalue weighted by molar-refractivity contribution is 0.208. The number of urea groups is 1. The van der Waals surface area contributed by atoms with Gasteiger partial charge in [0.15, 0.2) is 0 Å². The Morgan fingerprint density at radius 1 is 1.11 bits per heavy atom. The Bertz CT molecular complexity index is 295. The smallest absolute Gasteiger partial charge is 0.315 e. The van der Waals surface area contributed by atoms with Gasteiger partial charge in [-0.05, 0) is 44.4 Å². The van der Waals surface area contributed by atoms with Crippen LogP contribution < -0.4 is 16.4 Å². The van der Waals surface area contributed by atoms with E-state index in [1.165, 1.54) is 25.7 Å². The van der Waals surface area contributed by atoms with Crippen molar-refractivity contribution in [2.24, 2.45) is 11.7 Å². The molecule has 0 saturated heterocycles. The molecule has 4 unspecified atom stereocenters. The number of rotatable bonds is 3. The van der Waals surface area contributed by atoms with Crippen LogP contribution in [0.15, 0.2) is 0 Å². The van der Waals surface area contributed by atoms with E-state index in [1.807, 2.05) is 0 Å². The van der Waals surface area contributed by atoms with Crippen LogP contribution in [0, 0.1) is 5.92 Å². The van der Waals surface area contributed by atoms with E-state index in [0.717, 1.165) is 32.1 Å². The van der Waals surface area contributed by atoms with Gasteiger partial charge in [-0.25, -0.2) is 4.79 Å². The van der Waals surface area contributed by atoms with Gasteiger partial charge < -0.3 is 16.4 Å². The van der Waals surface area contributed by atoms with Crippen LogP contribution in [0.3, 0.4) is 0 Å². The summed E-state index contributed by atoms with van der Waals surface area (Å²) in [5.74, 6) is 0.660. The molecule has 2 aliphatic carbocycles. The van der Waals surface area contributed by atoms with Crippen molar-refractivity contribution in [1.82, 2.24) is 10.6 Å². The highest BCUT2D eigenvalue weighted by Crippen LogP contribution is 2.26. The fraction of sp³-hybridized carbons (Fsp3) is 0.933. The maximum atomic E-state index is 12.1. The summed E-state index contributed by atoms with van der Waals surface area (Å²) in [6.07, 6.45) is 10.3. The number of nitrogens with two attached hydrogens (primary N) is 1. The Labute approximate surface area is 116 Å². The molecule has 4 N–H and O–H groups in total. The van der Waals surface area contributed by atoms with Crippen LogP contribution in [0.4, 0.5) is 4.79 Å². The van der Waals surface area contributed by atoms with E-state index in [2.05, 4.69) is 17.6 Å². The number of nitrogens with one attached hydrogen (secondary N) is 2. The summed E-state index contributed by atoms with van der Waals surface area (Å²) in [7, 11) is 0. The Morgan fingerprint density at radius 3 is 2.63 bits per heavy atom. The maximum absolute atomic E-state index is 12.1. The van der Waals surface area contributed by atoms with Gasteiger partial charge in [-0.15, -0.1) is 0 Å². The molecule has 4 atom stereocenters. The predicted molar refractivity (Wildman–Crippen MR) is 77.9 cm³/mol. The molecule has 0 radical (unpaired) electrons. The first-order valence-corrected chi connectivity index (χ1v) is 8.01. The van der Waals surface area contributed by atoms with Gasteiger partial charge >= 0.3 is 6.03 Å². The predicted octanol–water partition coefficient (Wildman–Crippen LogP) is 2.52. The van der Waals surface area contributed by atoms with Gasteiger partial charge in [0, 0.05) is 18.1 Å². The summed E-state index contributed by atoms with van der Waals surface area (Å²) < 4.78 is 0. The van der Waals surface area contributed by atoms with Crippen molar-refractivity contribution >= 4 is 6.03 Å². The molecular formula is C15H29N3O. The molecule has 4 heteroatoms. The van der Waals surface area contributed by atoms with Gasteiger partial charge in [-0.1, -0.05) is 26.2 Å². The van der Waals surface area contributed by atoms with E-state index in [1.54, 1.807) is 0 Å². The van der Waals surface area contributed by atoms with Gasteiger partial charge in [-0.2, -0.15) is 0 Å². The van der Waals surface area contributed by atoms with E-state index in [9.17, 15) is 4.79 Å². The molecule has 0 aliphatic heterocycles. The van der Waals surface area contributed by atoms with E-state index >= 15 is 0 Å². The molecule has 0 heterocycles. The molecule has 19 heavy (non-hydrogen) atoms. The largest absolute Gasteiger partial charge is 0.335 e. The molecule has 0 aromatic rings. The molecule has 0 spiro atoms. The highest BCUT2D eigenvalue weighted by atomic mass is 16.2. The average molecular weight is 267 g/mol. The molecule has 2 amide bonds. The van der Waals surface area contributed by atoms with Crippen LogP contribution in [-0.4, -0.2) is 24.2 Å². The molecule has 2 aliphatic rings. The summed E-state index contributed by atoms with van der Waals surface area (Å²) in [5.41, 5.74) is 5.96. The summed E-state index contributed by atoms with van der Waals surface area (Å²) in [6, 6.07) is 0.921. The first kappa shape index (κ1) is 14.6. The Kier molecular flexibility index (Phi) is 5.49. The molecular weight excluding hydrogens is 238 g/mol. The van der Waals surface area contributed by atoms with Crippen molar-refractivity contribution in [3.63, 3.8) is 0 Å². The summed E-state index contributed by atoms with van der Waals surface area (Å²) in [6.45, 7) is 2.22. The Balaban J connectivity index is 1.76. The van der Waals surface area contributed by atoms with E-state index in [0.29, 0.717) is 12.0 Å². The summed E-state index contributed by atoms with van der Waals surface area (Å²) >= 11 is 0. The standard InChI is InChI=1S/C15H29N3O/c1-2-11-6-3-4-9-14(11)18-15(19)17-13-8-5-7-12(16)10-13/h11-14H,2-10,16H2,1H3,(H2,17,18,19). The second-order valence-electron chi connectivity index (χ2n) is 6.30. The zero-order chi connectivity index (χ0) is 13.7. The van der Waals surface area contributed by atoms with E-state index in [-0.39, 0.29) is 18.1 Å². The van der Waals surface area contributed by atoms with Crippen LogP contribution in [-0.2, 0) is 0 Å². The van der Waals surface area contributed by atoms with Crippen LogP contribution in [0.25, 0.3) is 0 Å². The first-order valence-electron chi connectivity index (χ1n) is 8.01. The summed E-state index contributed by atoms with van der Waals surface area (Å²) in [5, 5.41) is 6.30. The first-order chi connectivity index (χ1) is 9.19. The SMILES string of the molecule is CCC1CCCCC1NC(=O)NC1CCCC(N)C1. The molecule has 2 saturated carbocycles. The minimum atomic E-state index is 0.0180. The lowest BCUT2D eigenvalue weighted by atomic mass is 9.83. The monoisotopic (exact) mass is 267 g/mol. The number of hydrogen-bond donors (Lipinski definition) is 3. The normalized spacial score (nSPS) is 35.7.